The van der Waals surface area contributed by atoms with Crippen LogP contribution in [0.25, 0.3) is 11.3 Å². The van der Waals surface area contributed by atoms with E-state index in [-0.39, 0.29) is 11.8 Å². The van der Waals surface area contributed by atoms with Crippen LogP contribution in [0.5, 0.6) is 0 Å². The van der Waals surface area contributed by atoms with Gasteiger partial charge in [0, 0.05) is 27.9 Å². The minimum absolute atomic E-state index is 0.111. The van der Waals surface area contributed by atoms with Gasteiger partial charge in [0.15, 0.2) is 0 Å². The van der Waals surface area contributed by atoms with Crippen LogP contribution in [0.2, 0.25) is 0 Å². The second-order valence-electron chi connectivity index (χ2n) is 6.48. The van der Waals surface area contributed by atoms with Crippen molar-refractivity contribution in [2.24, 2.45) is 0 Å². The highest BCUT2D eigenvalue weighted by Crippen LogP contribution is 2.26. The Balaban J connectivity index is 1.44. The molecule has 28 heavy (non-hydrogen) atoms. The Morgan fingerprint density at radius 1 is 1.11 bits per heavy atom. The first-order chi connectivity index (χ1) is 13.6. The van der Waals surface area contributed by atoms with Crippen molar-refractivity contribution in [2.45, 2.75) is 13.0 Å². The number of anilines is 1. The van der Waals surface area contributed by atoms with Gasteiger partial charge >= 0.3 is 0 Å². The van der Waals surface area contributed by atoms with Crippen molar-refractivity contribution in [1.82, 2.24) is 9.88 Å². The molecule has 0 aliphatic carbocycles. The molecule has 1 aliphatic rings. The van der Waals surface area contributed by atoms with Gasteiger partial charge < -0.3 is 10.2 Å². The topological polar surface area (TPSA) is 62.3 Å². The molecular weight excluding hydrogens is 390 g/mol. The third-order valence-electron chi connectivity index (χ3n) is 4.53. The first-order valence-corrected chi connectivity index (χ1v) is 10.9. The predicted molar refractivity (Wildman–Crippen MR) is 115 cm³/mol. The summed E-state index contributed by atoms with van der Waals surface area (Å²) < 4.78 is 0. The predicted octanol–water partition coefficient (Wildman–Crippen LogP) is 4.27. The number of benzene rings is 2. The van der Waals surface area contributed by atoms with Gasteiger partial charge in [0.05, 0.1) is 16.6 Å². The van der Waals surface area contributed by atoms with E-state index in [4.69, 9.17) is 0 Å². The fourth-order valence-corrected chi connectivity index (χ4v) is 4.83. The normalized spacial score (nSPS) is 16.2. The number of thiazole rings is 1. The molecule has 5 nitrogen and oxygen atoms in total. The second-order valence-corrected chi connectivity index (χ2v) is 8.54. The summed E-state index contributed by atoms with van der Waals surface area (Å²) >= 11 is 3.20. The lowest BCUT2D eigenvalue weighted by molar-refractivity contribution is -0.119. The molecule has 0 radical (unpaired) electrons. The maximum absolute atomic E-state index is 12.8. The molecule has 2 heterocycles. The van der Waals surface area contributed by atoms with Gasteiger partial charge in [-0.05, 0) is 31.2 Å². The Labute approximate surface area is 171 Å². The molecule has 0 bridgehead atoms. The summed E-state index contributed by atoms with van der Waals surface area (Å²) in [5, 5.41) is 5.98. The molecule has 3 aromatic rings. The maximum atomic E-state index is 12.8. The van der Waals surface area contributed by atoms with E-state index in [2.05, 4.69) is 10.3 Å². The largest absolute Gasteiger partial charge is 0.324 e. The number of nitrogens with one attached hydrogen (secondary N) is 1. The Morgan fingerprint density at radius 3 is 2.54 bits per heavy atom. The summed E-state index contributed by atoms with van der Waals surface area (Å²) in [5.74, 6) is 0.848. The Kier molecular flexibility index (Phi) is 5.45. The van der Waals surface area contributed by atoms with Crippen LogP contribution in [-0.4, -0.2) is 39.4 Å². The van der Waals surface area contributed by atoms with Gasteiger partial charge in [0.25, 0.3) is 5.91 Å². The molecule has 1 saturated heterocycles. The van der Waals surface area contributed by atoms with Crippen LogP contribution in [0, 0.1) is 6.92 Å². The molecule has 1 N–H and O–H groups in total. The lowest BCUT2D eigenvalue weighted by Gasteiger charge is -2.23. The van der Waals surface area contributed by atoms with Gasteiger partial charge in [-0.15, -0.1) is 23.1 Å². The van der Waals surface area contributed by atoms with E-state index < -0.39 is 6.04 Å². The molecule has 2 amide bonds. The summed E-state index contributed by atoms with van der Waals surface area (Å²) in [7, 11) is 0. The smallest absolute Gasteiger partial charge is 0.255 e. The van der Waals surface area contributed by atoms with E-state index in [9.17, 15) is 9.59 Å². The molecule has 142 valence electrons. The molecule has 1 fully saturated rings. The van der Waals surface area contributed by atoms with Crippen molar-refractivity contribution in [2.75, 3.05) is 16.9 Å². The van der Waals surface area contributed by atoms with E-state index in [1.54, 1.807) is 40.1 Å². The van der Waals surface area contributed by atoms with Crippen LogP contribution in [0.3, 0.4) is 0 Å². The number of carbonyl (C=O) groups excluding carboxylic acids is 2. The first-order valence-electron chi connectivity index (χ1n) is 8.89. The minimum Gasteiger partial charge on any atom is -0.324 e. The number of hydrogen-bond donors (Lipinski definition) is 1. The average Bonchev–Trinajstić information content (AvgIpc) is 3.38. The monoisotopic (exact) mass is 409 g/mol. The number of aryl methyl sites for hydroxylation is 1. The van der Waals surface area contributed by atoms with Gasteiger partial charge in [-0.3, -0.25) is 9.59 Å². The fraction of sp³-hybridized carbons (Fsp3) is 0.190. The highest BCUT2D eigenvalue weighted by Gasteiger charge is 2.35. The van der Waals surface area contributed by atoms with Crippen LogP contribution in [0.15, 0.2) is 60.0 Å². The van der Waals surface area contributed by atoms with Crippen molar-refractivity contribution < 1.29 is 9.59 Å². The molecule has 4 rings (SSSR count). The Hall–Kier alpha value is -2.64. The number of nitrogens with zero attached hydrogens (tertiary/aromatic N) is 2. The number of aromatic nitrogens is 1. The van der Waals surface area contributed by atoms with Gasteiger partial charge in [-0.25, -0.2) is 4.98 Å². The summed E-state index contributed by atoms with van der Waals surface area (Å²) in [4.78, 5) is 31.7. The highest BCUT2D eigenvalue weighted by atomic mass is 32.2. The summed E-state index contributed by atoms with van der Waals surface area (Å²) in [5.41, 5.74) is 3.27. The van der Waals surface area contributed by atoms with Crippen LogP contribution in [0.4, 0.5) is 5.69 Å². The van der Waals surface area contributed by atoms with E-state index in [0.717, 1.165) is 16.3 Å². The highest BCUT2D eigenvalue weighted by molar-refractivity contribution is 7.99. The number of thioether (sulfide) groups is 1. The van der Waals surface area contributed by atoms with Crippen LogP contribution < -0.4 is 5.32 Å². The Morgan fingerprint density at radius 2 is 1.86 bits per heavy atom. The zero-order valence-electron chi connectivity index (χ0n) is 15.3. The van der Waals surface area contributed by atoms with E-state index in [1.165, 1.54) is 0 Å². The van der Waals surface area contributed by atoms with Crippen LogP contribution in [0.1, 0.15) is 15.4 Å². The quantitative estimate of drug-likeness (QED) is 0.699. The van der Waals surface area contributed by atoms with Crippen LogP contribution >= 0.6 is 23.1 Å². The maximum Gasteiger partial charge on any atom is 0.255 e. The Bertz CT molecular complexity index is 986. The third kappa shape index (κ3) is 3.95. The van der Waals surface area contributed by atoms with Gasteiger partial charge in [0.2, 0.25) is 5.91 Å². The lowest BCUT2D eigenvalue weighted by atomic mass is 10.1. The van der Waals surface area contributed by atoms with Crippen molar-refractivity contribution in [3.05, 3.63) is 70.5 Å². The molecule has 1 aromatic heterocycles. The molecule has 0 unspecified atom stereocenters. The van der Waals surface area contributed by atoms with E-state index in [0.29, 0.717) is 22.9 Å². The van der Waals surface area contributed by atoms with E-state index in [1.807, 2.05) is 54.8 Å². The molecule has 0 spiro atoms. The molecule has 2 aromatic carbocycles. The molecule has 1 atom stereocenters. The summed E-state index contributed by atoms with van der Waals surface area (Å²) in [6, 6.07) is 16.2. The minimum atomic E-state index is -0.474. The molecule has 0 saturated carbocycles. The second kappa shape index (κ2) is 8.16. The van der Waals surface area contributed by atoms with Gasteiger partial charge in [-0.1, -0.05) is 30.3 Å². The zero-order chi connectivity index (χ0) is 19.5. The molecular formula is C21H19N3O2S2. The zero-order valence-corrected chi connectivity index (χ0v) is 16.9. The van der Waals surface area contributed by atoms with Crippen molar-refractivity contribution >= 4 is 40.6 Å². The van der Waals surface area contributed by atoms with E-state index >= 15 is 0 Å². The van der Waals surface area contributed by atoms with Crippen molar-refractivity contribution in [3.8, 4) is 11.3 Å². The number of hydrogen-bond acceptors (Lipinski definition) is 5. The summed E-state index contributed by atoms with van der Waals surface area (Å²) in [6.45, 7) is 1.98. The molecule has 7 heteroatoms. The summed E-state index contributed by atoms with van der Waals surface area (Å²) in [6.07, 6.45) is 0. The average molecular weight is 410 g/mol. The van der Waals surface area contributed by atoms with Crippen molar-refractivity contribution in [1.29, 1.82) is 0 Å². The molecule has 1 aliphatic heterocycles. The lowest BCUT2D eigenvalue weighted by Crippen LogP contribution is -2.44. The first kappa shape index (κ1) is 18.7. The van der Waals surface area contributed by atoms with Crippen LogP contribution in [-0.2, 0) is 4.79 Å². The number of rotatable bonds is 4. The SMILES string of the molecule is Cc1nc(-c2ccc(NC(=O)[C@@H]3CSCN3C(=O)c3ccccc3)cc2)cs1. The number of carbonyl (C=O) groups is 2. The standard InChI is InChI=1S/C21H19N3O2S2/c1-14-22-18(11-28-14)15-7-9-17(10-8-15)23-20(25)19-12-27-13-24(19)21(26)16-5-3-2-4-6-16/h2-11,19H,12-13H2,1H3,(H,23,25)/t19-/m0/s1. The van der Waals surface area contributed by atoms with Gasteiger partial charge in [0.1, 0.15) is 6.04 Å². The third-order valence-corrected chi connectivity index (χ3v) is 6.32. The van der Waals surface area contributed by atoms with Crippen molar-refractivity contribution in [3.63, 3.8) is 0 Å². The fourth-order valence-electron chi connectivity index (χ4n) is 3.05. The number of amides is 2. The van der Waals surface area contributed by atoms with Gasteiger partial charge in [-0.2, -0.15) is 0 Å².